The molecule has 7 heteroatoms. The SMILES string of the molecule is CC(C)(C)c1ccccc1NC(=O)Nc1cnn(CCN2CCOCC2)c1. The second-order valence-electron chi connectivity index (χ2n) is 7.82. The monoisotopic (exact) mass is 371 g/mol. The number of ether oxygens (including phenoxy) is 1. The lowest BCUT2D eigenvalue weighted by molar-refractivity contribution is 0.0360. The summed E-state index contributed by atoms with van der Waals surface area (Å²) in [5.41, 5.74) is 2.56. The number of hydrogen-bond donors (Lipinski definition) is 2. The predicted octanol–water partition coefficient (Wildman–Crippen LogP) is 3.16. The van der Waals surface area contributed by atoms with E-state index in [1.54, 1.807) is 6.20 Å². The Morgan fingerprint density at radius 1 is 1.15 bits per heavy atom. The van der Waals surface area contributed by atoms with Crippen LogP contribution in [0.5, 0.6) is 0 Å². The summed E-state index contributed by atoms with van der Waals surface area (Å²) in [7, 11) is 0. The summed E-state index contributed by atoms with van der Waals surface area (Å²) in [6.07, 6.45) is 3.53. The van der Waals surface area contributed by atoms with E-state index in [2.05, 4.69) is 41.4 Å². The highest BCUT2D eigenvalue weighted by Gasteiger charge is 2.18. The molecular weight excluding hydrogens is 342 g/mol. The van der Waals surface area contributed by atoms with Crippen LogP contribution >= 0.6 is 0 Å². The van der Waals surface area contributed by atoms with Gasteiger partial charge in [-0.25, -0.2) is 4.79 Å². The maximum Gasteiger partial charge on any atom is 0.323 e. The fraction of sp³-hybridized carbons (Fsp3) is 0.500. The normalized spacial score (nSPS) is 15.5. The van der Waals surface area contributed by atoms with Gasteiger partial charge in [0.25, 0.3) is 0 Å². The molecule has 1 aromatic carbocycles. The molecule has 1 saturated heterocycles. The van der Waals surface area contributed by atoms with Gasteiger partial charge in [0.2, 0.25) is 0 Å². The van der Waals surface area contributed by atoms with Gasteiger partial charge in [0.05, 0.1) is 31.6 Å². The van der Waals surface area contributed by atoms with Crippen LogP contribution in [0.25, 0.3) is 0 Å². The average Bonchev–Trinajstić information content (AvgIpc) is 3.07. The van der Waals surface area contributed by atoms with Gasteiger partial charge >= 0.3 is 6.03 Å². The first-order chi connectivity index (χ1) is 12.9. The summed E-state index contributed by atoms with van der Waals surface area (Å²) in [6.45, 7) is 11.6. The van der Waals surface area contributed by atoms with Crippen LogP contribution in [0.3, 0.4) is 0 Å². The number of benzene rings is 1. The Kier molecular flexibility index (Phi) is 6.13. The van der Waals surface area contributed by atoms with Crippen LogP contribution in [-0.4, -0.2) is 53.6 Å². The molecule has 2 N–H and O–H groups in total. The maximum absolute atomic E-state index is 12.4. The van der Waals surface area contributed by atoms with Crippen molar-refractivity contribution in [3.63, 3.8) is 0 Å². The van der Waals surface area contributed by atoms with Crippen molar-refractivity contribution in [1.29, 1.82) is 0 Å². The smallest absolute Gasteiger partial charge is 0.323 e. The lowest BCUT2D eigenvalue weighted by Gasteiger charge is -2.26. The van der Waals surface area contributed by atoms with Crippen molar-refractivity contribution in [2.24, 2.45) is 0 Å². The molecule has 1 aliphatic heterocycles. The lowest BCUT2D eigenvalue weighted by atomic mass is 9.86. The summed E-state index contributed by atoms with van der Waals surface area (Å²) in [5.74, 6) is 0. The van der Waals surface area contributed by atoms with Crippen molar-refractivity contribution < 1.29 is 9.53 Å². The van der Waals surface area contributed by atoms with Crippen LogP contribution in [0.2, 0.25) is 0 Å². The van der Waals surface area contributed by atoms with E-state index in [0.717, 1.165) is 50.6 Å². The molecule has 2 amide bonds. The molecule has 7 nitrogen and oxygen atoms in total. The molecule has 1 fully saturated rings. The fourth-order valence-corrected chi connectivity index (χ4v) is 3.15. The molecule has 146 valence electrons. The number of nitrogens with one attached hydrogen (secondary N) is 2. The van der Waals surface area contributed by atoms with E-state index in [9.17, 15) is 4.79 Å². The molecule has 0 aliphatic carbocycles. The number of para-hydroxylation sites is 1. The standard InChI is InChI=1S/C20H29N5O2/c1-20(2,3)17-6-4-5-7-18(17)23-19(26)22-16-14-21-25(15-16)9-8-24-10-12-27-13-11-24/h4-7,14-15H,8-13H2,1-3H3,(H2,22,23,26). The average molecular weight is 371 g/mol. The largest absolute Gasteiger partial charge is 0.379 e. The number of hydrogen-bond acceptors (Lipinski definition) is 4. The first kappa shape index (κ1) is 19.4. The Morgan fingerprint density at radius 2 is 1.89 bits per heavy atom. The van der Waals surface area contributed by atoms with Crippen molar-refractivity contribution in [3.05, 3.63) is 42.2 Å². The number of nitrogens with zero attached hydrogens (tertiary/aromatic N) is 3. The van der Waals surface area contributed by atoms with Gasteiger partial charge in [0.15, 0.2) is 0 Å². The van der Waals surface area contributed by atoms with Crippen LogP contribution in [0.1, 0.15) is 26.3 Å². The van der Waals surface area contributed by atoms with Crippen molar-refractivity contribution >= 4 is 17.4 Å². The van der Waals surface area contributed by atoms with Gasteiger partial charge in [0.1, 0.15) is 0 Å². The minimum Gasteiger partial charge on any atom is -0.379 e. The highest BCUT2D eigenvalue weighted by atomic mass is 16.5. The summed E-state index contributed by atoms with van der Waals surface area (Å²) in [4.78, 5) is 14.7. The highest BCUT2D eigenvalue weighted by Crippen LogP contribution is 2.29. The van der Waals surface area contributed by atoms with E-state index in [0.29, 0.717) is 5.69 Å². The van der Waals surface area contributed by atoms with Gasteiger partial charge in [-0.2, -0.15) is 5.10 Å². The molecule has 3 rings (SSSR count). The second-order valence-corrected chi connectivity index (χ2v) is 7.82. The van der Waals surface area contributed by atoms with Crippen LogP contribution in [0, 0.1) is 0 Å². The number of carbonyl (C=O) groups is 1. The maximum atomic E-state index is 12.4. The molecular formula is C20H29N5O2. The van der Waals surface area contributed by atoms with Gasteiger partial charge in [-0.05, 0) is 17.0 Å². The van der Waals surface area contributed by atoms with E-state index in [1.807, 2.05) is 35.1 Å². The van der Waals surface area contributed by atoms with Crippen LogP contribution < -0.4 is 10.6 Å². The predicted molar refractivity (Wildman–Crippen MR) is 107 cm³/mol. The van der Waals surface area contributed by atoms with E-state index in [4.69, 9.17) is 4.74 Å². The zero-order valence-electron chi connectivity index (χ0n) is 16.4. The number of urea groups is 1. The minimum atomic E-state index is -0.264. The molecule has 0 atom stereocenters. The summed E-state index contributed by atoms with van der Waals surface area (Å²) >= 11 is 0. The zero-order valence-corrected chi connectivity index (χ0v) is 16.4. The van der Waals surface area contributed by atoms with E-state index in [1.165, 1.54) is 0 Å². The van der Waals surface area contributed by atoms with Gasteiger partial charge in [-0.15, -0.1) is 0 Å². The number of aromatic nitrogens is 2. The number of rotatable bonds is 5. The summed E-state index contributed by atoms with van der Waals surface area (Å²) in [6, 6.07) is 7.61. The van der Waals surface area contributed by atoms with Gasteiger partial charge < -0.3 is 15.4 Å². The topological polar surface area (TPSA) is 71.4 Å². The Morgan fingerprint density at radius 3 is 2.63 bits per heavy atom. The first-order valence-electron chi connectivity index (χ1n) is 9.42. The van der Waals surface area contributed by atoms with Crippen molar-refractivity contribution in [3.8, 4) is 0 Å². The zero-order chi connectivity index (χ0) is 19.3. The van der Waals surface area contributed by atoms with Crippen molar-refractivity contribution in [2.75, 3.05) is 43.5 Å². The molecule has 0 saturated carbocycles. The Hall–Kier alpha value is -2.38. The molecule has 0 unspecified atom stereocenters. The molecule has 0 spiro atoms. The molecule has 1 aromatic heterocycles. The molecule has 27 heavy (non-hydrogen) atoms. The third kappa shape index (κ3) is 5.55. The number of amides is 2. The van der Waals surface area contributed by atoms with E-state index < -0.39 is 0 Å². The Balaban J connectivity index is 1.54. The fourth-order valence-electron chi connectivity index (χ4n) is 3.15. The second kappa shape index (κ2) is 8.54. The summed E-state index contributed by atoms with van der Waals surface area (Å²) < 4.78 is 7.21. The number of anilines is 2. The number of carbonyl (C=O) groups excluding carboxylic acids is 1. The van der Waals surface area contributed by atoms with Crippen LogP contribution in [-0.2, 0) is 16.7 Å². The third-order valence-corrected chi connectivity index (χ3v) is 4.62. The Labute approximate surface area is 160 Å². The highest BCUT2D eigenvalue weighted by molar-refractivity contribution is 6.00. The van der Waals surface area contributed by atoms with Crippen molar-refractivity contribution in [2.45, 2.75) is 32.7 Å². The number of morpholine rings is 1. The molecule has 0 bridgehead atoms. The van der Waals surface area contributed by atoms with Crippen LogP contribution in [0.4, 0.5) is 16.2 Å². The molecule has 1 aliphatic rings. The summed E-state index contributed by atoms with van der Waals surface area (Å²) in [5, 5.41) is 10.1. The van der Waals surface area contributed by atoms with Gasteiger partial charge in [-0.1, -0.05) is 39.0 Å². The van der Waals surface area contributed by atoms with Crippen LogP contribution in [0.15, 0.2) is 36.7 Å². The van der Waals surface area contributed by atoms with E-state index >= 15 is 0 Å². The lowest BCUT2D eigenvalue weighted by Crippen LogP contribution is -2.38. The minimum absolute atomic E-state index is 0.0474. The third-order valence-electron chi connectivity index (χ3n) is 4.62. The quantitative estimate of drug-likeness (QED) is 0.847. The van der Waals surface area contributed by atoms with Gasteiger partial charge in [0, 0.05) is 31.5 Å². The molecule has 0 radical (unpaired) electrons. The first-order valence-corrected chi connectivity index (χ1v) is 9.42. The van der Waals surface area contributed by atoms with Crippen molar-refractivity contribution in [1.82, 2.24) is 14.7 Å². The Bertz CT molecular complexity index is 760. The molecule has 2 heterocycles. The molecule has 2 aromatic rings. The van der Waals surface area contributed by atoms with Gasteiger partial charge in [-0.3, -0.25) is 9.58 Å². The van der Waals surface area contributed by atoms with E-state index in [-0.39, 0.29) is 11.4 Å².